The molecule has 3 atom stereocenters. The van der Waals surface area contributed by atoms with E-state index in [9.17, 15) is 19.6 Å². The van der Waals surface area contributed by atoms with E-state index in [1.165, 1.54) is 0 Å². The Morgan fingerprint density at radius 1 is 1.14 bits per heavy atom. The molecule has 0 aliphatic carbocycles. The van der Waals surface area contributed by atoms with Gasteiger partial charge in [-0.3, -0.25) is 14.4 Å². The van der Waals surface area contributed by atoms with Gasteiger partial charge in [-0.25, -0.2) is 0 Å². The number of ether oxygens (including phenoxy) is 1. The maximum absolute atomic E-state index is 13.2. The first kappa shape index (κ1) is 24.8. The van der Waals surface area contributed by atoms with E-state index in [1.807, 2.05) is 44.2 Å². The number of nitriles is 1. The molecule has 0 saturated heterocycles. The van der Waals surface area contributed by atoms with Crippen molar-refractivity contribution in [1.29, 1.82) is 5.26 Å². The molecule has 0 spiro atoms. The summed E-state index contributed by atoms with van der Waals surface area (Å²) in [6.07, 6.45) is 0.515. The van der Waals surface area contributed by atoms with E-state index in [4.69, 9.17) is 4.74 Å². The zero-order chi connectivity index (χ0) is 25.8. The first-order chi connectivity index (χ1) is 17.3. The van der Waals surface area contributed by atoms with Gasteiger partial charge in [0.05, 0.1) is 19.1 Å². The van der Waals surface area contributed by atoms with Crippen LogP contribution in [0.15, 0.2) is 48.5 Å². The highest BCUT2D eigenvalue weighted by atomic mass is 16.5. The van der Waals surface area contributed by atoms with Gasteiger partial charge in [0.15, 0.2) is 0 Å². The number of methoxy groups -OCH3 is 1. The summed E-state index contributed by atoms with van der Waals surface area (Å²) in [5, 5.41) is 18.8. The van der Waals surface area contributed by atoms with Crippen molar-refractivity contribution in [3.63, 3.8) is 0 Å². The minimum atomic E-state index is -0.900. The van der Waals surface area contributed by atoms with Crippen molar-refractivity contribution in [2.45, 2.75) is 44.7 Å². The van der Waals surface area contributed by atoms with E-state index in [1.54, 1.807) is 25.3 Å². The number of hydrogen-bond acceptors (Lipinski definition) is 5. The van der Waals surface area contributed by atoms with Gasteiger partial charge < -0.3 is 25.7 Å². The minimum absolute atomic E-state index is 0.108. The van der Waals surface area contributed by atoms with Crippen molar-refractivity contribution in [2.75, 3.05) is 12.4 Å². The van der Waals surface area contributed by atoms with Crippen LogP contribution in [-0.2, 0) is 9.59 Å². The molecule has 0 bridgehead atoms. The van der Waals surface area contributed by atoms with Crippen LogP contribution < -0.4 is 20.7 Å². The number of aromatic nitrogens is 1. The van der Waals surface area contributed by atoms with Crippen LogP contribution in [0.4, 0.5) is 5.69 Å². The molecule has 1 aliphatic rings. The molecule has 1 aliphatic heterocycles. The fourth-order valence-corrected chi connectivity index (χ4v) is 4.53. The molecule has 0 radical (unpaired) electrons. The number of benzene rings is 2. The number of nitrogens with zero attached hydrogens (tertiary/aromatic N) is 1. The fourth-order valence-electron chi connectivity index (χ4n) is 4.53. The molecule has 9 nitrogen and oxygen atoms in total. The summed E-state index contributed by atoms with van der Waals surface area (Å²) in [4.78, 5) is 41.8. The predicted octanol–water partition coefficient (Wildman–Crippen LogP) is 3.46. The highest BCUT2D eigenvalue weighted by molar-refractivity contribution is 6.03. The lowest BCUT2D eigenvalue weighted by Gasteiger charge is -2.22. The van der Waals surface area contributed by atoms with Crippen LogP contribution in [0.1, 0.15) is 48.7 Å². The number of carbonyl (C=O) groups excluding carboxylic acids is 3. The van der Waals surface area contributed by atoms with Gasteiger partial charge in [0.25, 0.3) is 5.91 Å². The third-order valence-electron chi connectivity index (χ3n) is 6.27. The zero-order valence-electron chi connectivity index (χ0n) is 20.4. The maximum Gasteiger partial charge on any atom is 0.268 e. The molecule has 0 fully saturated rings. The first-order valence-corrected chi connectivity index (χ1v) is 11.9. The lowest BCUT2D eigenvalue weighted by Crippen LogP contribution is -2.50. The van der Waals surface area contributed by atoms with Crippen LogP contribution in [0.3, 0.4) is 0 Å². The predicted molar refractivity (Wildman–Crippen MR) is 136 cm³/mol. The maximum atomic E-state index is 13.2. The molecular formula is C27H29N5O4. The number of nitrogens with one attached hydrogen (secondary N) is 4. The molecule has 2 aromatic carbocycles. The summed E-state index contributed by atoms with van der Waals surface area (Å²) >= 11 is 0. The fraction of sp³-hybridized carbons (Fsp3) is 0.333. The van der Waals surface area contributed by atoms with Crippen molar-refractivity contribution >= 4 is 34.3 Å². The molecule has 3 amide bonds. The molecule has 4 N–H and O–H groups in total. The largest absolute Gasteiger partial charge is 0.496 e. The van der Waals surface area contributed by atoms with Crippen molar-refractivity contribution in [2.24, 2.45) is 5.92 Å². The summed E-state index contributed by atoms with van der Waals surface area (Å²) in [7, 11) is 1.56. The SMILES string of the molecule is COc1cccc2[nH]c(C(=O)N[C@@H](CC(C)C)C(=O)NC(C#N)CC3C(=O)Nc4ccccc43)cc12. The van der Waals surface area contributed by atoms with Crippen LogP contribution in [0.2, 0.25) is 0 Å². The van der Waals surface area contributed by atoms with Gasteiger partial charge in [-0.1, -0.05) is 38.1 Å². The van der Waals surface area contributed by atoms with Gasteiger partial charge in [-0.05, 0) is 48.6 Å². The second kappa shape index (κ2) is 10.5. The lowest BCUT2D eigenvalue weighted by atomic mass is 9.93. The first-order valence-electron chi connectivity index (χ1n) is 11.9. The number of rotatable bonds is 9. The summed E-state index contributed by atoms with van der Waals surface area (Å²) < 4.78 is 5.36. The normalized spacial score (nSPS) is 16.1. The summed E-state index contributed by atoms with van der Waals surface area (Å²) in [5.74, 6) is -0.904. The van der Waals surface area contributed by atoms with Gasteiger partial charge in [0.1, 0.15) is 23.5 Å². The Morgan fingerprint density at radius 2 is 1.92 bits per heavy atom. The van der Waals surface area contributed by atoms with Crippen molar-refractivity contribution in [1.82, 2.24) is 15.6 Å². The van der Waals surface area contributed by atoms with Gasteiger partial charge >= 0.3 is 0 Å². The topological polar surface area (TPSA) is 136 Å². The lowest BCUT2D eigenvalue weighted by molar-refractivity contribution is -0.124. The number of H-pyrrole nitrogens is 1. The average Bonchev–Trinajstić information content (AvgIpc) is 3.43. The minimum Gasteiger partial charge on any atom is -0.496 e. The molecular weight excluding hydrogens is 458 g/mol. The summed E-state index contributed by atoms with van der Waals surface area (Å²) in [6, 6.07) is 14.8. The average molecular weight is 488 g/mol. The number of carbonyl (C=O) groups is 3. The Balaban J connectivity index is 1.47. The quantitative estimate of drug-likeness (QED) is 0.366. The van der Waals surface area contributed by atoms with Crippen molar-refractivity contribution in [3.8, 4) is 11.8 Å². The Labute approximate surface area is 209 Å². The number of anilines is 1. The van der Waals surface area contributed by atoms with Crippen molar-refractivity contribution in [3.05, 3.63) is 59.8 Å². The van der Waals surface area contributed by atoms with E-state index in [2.05, 4.69) is 27.0 Å². The molecule has 186 valence electrons. The Hall–Kier alpha value is -4.32. The highest BCUT2D eigenvalue weighted by Crippen LogP contribution is 2.35. The number of fused-ring (bicyclic) bond motifs is 2. The summed E-state index contributed by atoms with van der Waals surface area (Å²) in [6.45, 7) is 3.89. The van der Waals surface area contributed by atoms with Crippen LogP contribution in [0, 0.1) is 17.2 Å². The van der Waals surface area contributed by atoms with Crippen LogP contribution >= 0.6 is 0 Å². The zero-order valence-corrected chi connectivity index (χ0v) is 20.4. The summed E-state index contributed by atoms with van der Waals surface area (Å²) in [5.41, 5.74) is 2.56. The molecule has 9 heteroatoms. The molecule has 0 saturated carbocycles. The molecule has 3 aromatic rings. The second-order valence-electron chi connectivity index (χ2n) is 9.32. The van der Waals surface area contributed by atoms with E-state index in [0.717, 1.165) is 22.2 Å². The number of aromatic amines is 1. The van der Waals surface area contributed by atoms with Gasteiger partial charge in [-0.15, -0.1) is 0 Å². The number of para-hydroxylation sites is 1. The number of amides is 3. The van der Waals surface area contributed by atoms with Gasteiger partial charge in [0, 0.05) is 16.6 Å². The van der Waals surface area contributed by atoms with E-state index < -0.39 is 29.8 Å². The van der Waals surface area contributed by atoms with Crippen LogP contribution in [0.25, 0.3) is 10.9 Å². The highest BCUT2D eigenvalue weighted by Gasteiger charge is 2.34. The van der Waals surface area contributed by atoms with Crippen LogP contribution in [-0.4, -0.2) is 41.9 Å². The monoisotopic (exact) mass is 487 g/mol. The molecule has 2 unspecified atom stereocenters. The van der Waals surface area contributed by atoms with E-state index in [-0.39, 0.29) is 18.2 Å². The third-order valence-corrected chi connectivity index (χ3v) is 6.27. The third kappa shape index (κ3) is 5.18. The Morgan fingerprint density at radius 3 is 2.64 bits per heavy atom. The smallest absolute Gasteiger partial charge is 0.268 e. The second-order valence-corrected chi connectivity index (χ2v) is 9.32. The molecule has 4 rings (SSSR count). The van der Waals surface area contributed by atoms with E-state index in [0.29, 0.717) is 17.9 Å². The standard InChI is InChI=1S/C27H29N5O4/c1-15(2)11-22(32-27(35)23-13-19-21(30-23)9-6-10-24(19)36-3)26(34)29-16(14-28)12-18-17-7-4-5-8-20(17)31-25(18)33/h4-10,13,15-16,18,22,30H,11-12H2,1-3H3,(H,29,34)(H,31,33)(H,32,35)/t16?,18?,22-/m0/s1. The Kier molecular flexibility index (Phi) is 7.25. The van der Waals surface area contributed by atoms with Gasteiger partial charge in [0.2, 0.25) is 11.8 Å². The molecule has 2 heterocycles. The van der Waals surface area contributed by atoms with E-state index >= 15 is 0 Å². The van der Waals surface area contributed by atoms with Gasteiger partial charge in [-0.2, -0.15) is 5.26 Å². The number of hydrogen-bond donors (Lipinski definition) is 4. The van der Waals surface area contributed by atoms with Crippen LogP contribution in [0.5, 0.6) is 5.75 Å². The Bertz CT molecular complexity index is 1340. The molecule has 1 aromatic heterocycles. The molecule has 36 heavy (non-hydrogen) atoms. The van der Waals surface area contributed by atoms with Crippen molar-refractivity contribution < 1.29 is 19.1 Å².